The maximum Gasteiger partial charge on any atom is 0.330 e. The van der Waals surface area contributed by atoms with Crippen LogP contribution in [0.5, 0.6) is 0 Å². The van der Waals surface area contributed by atoms with Crippen LogP contribution in [0.1, 0.15) is 23.1 Å². The lowest BCUT2D eigenvalue weighted by Gasteiger charge is -2.03. The summed E-state index contributed by atoms with van der Waals surface area (Å²) >= 11 is 0. The third-order valence-corrected chi connectivity index (χ3v) is 3.71. The fourth-order valence-corrected chi connectivity index (χ4v) is 2.25. The van der Waals surface area contributed by atoms with E-state index in [9.17, 15) is 9.59 Å². The summed E-state index contributed by atoms with van der Waals surface area (Å²) in [6, 6.07) is 4.04. The van der Waals surface area contributed by atoms with E-state index in [0.717, 1.165) is 16.5 Å². The van der Waals surface area contributed by atoms with Crippen molar-refractivity contribution < 1.29 is 18.7 Å². The molecular formula is C18H21NO4. The van der Waals surface area contributed by atoms with E-state index in [1.165, 1.54) is 24.3 Å². The Labute approximate surface area is 135 Å². The molecule has 0 fully saturated rings. The number of carbonyl (C=O) groups is 2. The summed E-state index contributed by atoms with van der Waals surface area (Å²) in [5.41, 5.74) is 4.02. The fraction of sp³-hybridized carbons (Fsp3) is 0.333. The van der Waals surface area contributed by atoms with Crippen LogP contribution in [0.25, 0.3) is 11.0 Å². The Bertz CT molecular complexity index is 743. The number of ether oxygens (including phenoxy) is 1. The van der Waals surface area contributed by atoms with E-state index in [1.807, 2.05) is 19.9 Å². The minimum Gasteiger partial charge on any atom is -0.466 e. The number of nitrogens with one attached hydrogen (secondary N) is 1. The van der Waals surface area contributed by atoms with Crippen LogP contribution in [0.2, 0.25) is 0 Å². The number of methoxy groups -OCH3 is 1. The van der Waals surface area contributed by atoms with Gasteiger partial charge in [0.25, 0.3) is 0 Å². The molecule has 0 aliphatic rings. The Kier molecular flexibility index (Phi) is 5.57. The largest absolute Gasteiger partial charge is 0.466 e. The second-order valence-corrected chi connectivity index (χ2v) is 5.43. The van der Waals surface area contributed by atoms with Crippen molar-refractivity contribution in [2.45, 2.75) is 26.7 Å². The van der Waals surface area contributed by atoms with Gasteiger partial charge in [-0.1, -0.05) is 6.08 Å². The number of esters is 1. The minimum absolute atomic E-state index is 0.0719. The van der Waals surface area contributed by atoms with Gasteiger partial charge < -0.3 is 14.5 Å². The van der Waals surface area contributed by atoms with Crippen LogP contribution >= 0.6 is 0 Å². The summed E-state index contributed by atoms with van der Waals surface area (Å²) in [6.07, 6.45) is 5.51. The number of benzene rings is 1. The molecular weight excluding hydrogens is 294 g/mol. The summed E-state index contributed by atoms with van der Waals surface area (Å²) in [5.74, 6) is -0.468. The number of rotatable bonds is 6. The van der Waals surface area contributed by atoms with E-state index >= 15 is 0 Å². The highest BCUT2D eigenvalue weighted by Gasteiger charge is 2.11. The van der Waals surface area contributed by atoms with Gasteiger partial charge in [0.05, 0.1) is 19.8 Å². The van der Waals surface area contributed by atoms with E-state index in [4.69, 9.17) is 4.42 Å². The summed E-state index contributed by atoms with van der Waals surface area (Å²) in [4.78, 5) is 22.9. The Hall–Kier alpha value is -2.56. The van der Waals surface area contributed by atoms with E-state index in [0.29, 0.717) is 13.0 Å². The first kappa shape index (κ1) is 16.8. The smallest absolute Gasteiger partial charge is 0.330 e. The van der Waals surface area contributed by atoms with Crippen molar-refractivity contribution in [1.82, 2.24) is 5.32 Å². The molecule has 0 spiro atoms. The molecule has 1 aromatic heterocycles. The maximum atomic E-state index is 12.0. The standard InChI is InChI=1S/C18H21NO4/c1-12-8-15-14(11-23-16(15)9-13(12)2)10-17(20)19-7-5-4-6-18(21)22-3/h4,6,8-9,11H,5,7,10H2,1-3H3,(H,19,20)/b6-4+. The molecule has 0 saturated carbocycles. The summed E-state index contributed by atoms with van der Waals surface area (Å²) in [7, 11) is 1.33. The van der Waals surface area contributed by atoms with E-state index in [2.05, 4.69) is 16.1 Å². The zero-order valence-corrected chi connectivity index (χ0v) is 13.6. The second-order valence-electron chi connectivity index (χ2n) is 5.43. The number of carbonyl (C=O) groups excluding carboxylic acids is 2. The van der Waals surface area contributed by atoms with Crippen LogP contribution in [0.15, 0.2) is 35.0 Å². The number of furan rings is 1. The predicted molar refractivity (Wildman–Crippen MR) is 88.2 cm³/mol. The average Bonchev–Trinajstić information content (AvgIpc) is 2.89. The van der Waals surface area contributed by atoms with Crippen LogP contribution < -0.4 is 5.32 Å². The molecule has 23 heavy (non-hydrogen) atoms. The van der Waals surface area contributed by atoms with E-state index in [-0.39, 0.29) is 12.3 Å². The molecule has 0 atom stereocenters. The van der Waals surface area contributed by atoms with Gasteiger partial charge in [0, 0.05) is 23.6 Å². The van der Waals surface area contributed by atoms with Crippen LogP contribution in [0.3, 0.4) is 0 Å². The third kappa shape index (κ3) is 4.45. The SMILES string of the molecule is COC(=O)/C=C/CCNC(=O)Cc1coc2cc(C)c(C)cc12. The molecule has 0 saturated heterocycles. The van der Waals surface area contributed by atoms with Crippen molar-refractivity contribution >= 4 is 22.8 Å². The summed E-state index contributed by atoms with van der Waals surface area (Å²) in [5, 5.41) is 3.80. The molecule has 2 aromatic rings. The number of hydrogen-bond acceptors (Lipinski definition) is 4. The number of aryl methyl sites for hydroxylation is 2. The van der Waals surface area contributed by atoms with Crippen molar-refractivity contribution in [1.29, 1.82) is 0 Å². The Balaban J connectivity index is 1.90. The molecule has 1 amide bonds. The van der Waals surface area contributed by atoms with Crippen molar-refractivity contribution in [3.05, 3.63) is 47.2 Å². The van der Waals surface area contributed by atoms with Crippen LogP contribution in [-0.4, -0.2) is 25.5 Å². The molecule has 1 N–H and O–H groups in total. The molecule has 0 aliphatic heterocycles. The first-order valence-corrected chi connectivity index (χ1v) is 7.49. The summed E-state index contributed by atoms with van der Waals surface area (Å²) < 4.78 is 10.0. The van der Waals surface area contributed by atoms with E-state index in [1.54, 1.807) is 12.3 Å². The highest BCUT2D eigenvalue weighted by molar-refractivity contribution is 5.88. The monoisotopic (exact) mass is 315 g/mol. The first-order valence-electron chi connectivity index (χ1n) is 7.49. The molecule has 5 nitrogen and oxygen atoms in total. The molecule has 0 unspecified atom stereocenters. The van der Waals surface area contributed by atoms with Crippen LogP contribution in [-0.2, 0) is 20.7 Å². The molecule has 0 radical (unpaired) electrons. The molecule has 0 aliphatic carbocycles. The molecule has 5 heteroatoms. The van der Waals surface area contributed by atoms with Gasteiger partial charge in [0.15, 0.2) is 0 Å². The Morgan fingerprint density at radius 2 is 2.00 bits per heavy atom. The third-order valence-electron chi connectivity index (χ3n) is 3.71. The van der Waals surface area contributed by atoms with Gasteiger partial charge >= 0.3 is 5.97 Å². The van der Waals surface area contributed by atoms with Crippen molar-refractivity contribution in [3.8, 4) is 0 Å². The van der Waals surface area contributed by atoms with Gasteiger partial charge in [0.1, 0.15) is 5.58 Å². The lowest BCUT2D eigenvalue weighted by molar-refractivity contribution is -0.134. The highest BCUT2D eigenvalue weighted by Crippen LogP contribution is 2.25. The fourth-order valence-electron chi connectivity index (χ4n) is 2.25. The van der Waals surface area contributed by atoms with Crippen molar-refractivity contribution in [2.24, 2.45) is 0 Å². The Morgan fingerprint density at radius 1 is 1.26 bits per heavy atom. The number of hydrogen-bond donors (Lipinski definition) is 1. The lowest BCUT2D eigenvalue weighted by atomic mass is 10.0. The van der Waals surface area contributed by atoms with Gasteiger partial charge in [-0.3, -0.25) is 4.79 Å². The molecule has 0 bridgehead atoms. The van der Waals surface area contributed by atoms with Gasteiger partial charge in [-0.15, -0.1) is 0 Å². The van der Waals surface area contributed by atoms with Gasteiger partial charge in [0.2, 0.25) is 5.91 Å². The zero-order chi connectivity index (χ0) is 16.8. The van der Waals surface area contributed by atoms with Crippen molar-refractivity contribution in [3.63, 3.8) is 0 Å². The minimum atomic E-state index is -0.396. The van der Waals surface area contributed by atoms with E-state index < -0.39 is 5.97 Å². The number of amides is 1. The molecule has 2 rings (SSSR count). The highest BCUT2D eigenvalue weighted by atomic mass is 16.5. The zero-order valence-electron chi connectivity index (χ0n) is 13.6. The van der Waals surface area contributed by atoms with Crippen molar-refractivity contribution in [2.75, 3.05) is 13.7 Å². The normalized spacial score (nSPS) is 11.1. The quantitative estimate of drug-likeness (QED) is 0.505. The summed E-state index contributed by atoms with van der Waals surface area (Å²) in [6.45, 7) is 4.55. The molecule has 1 heterocycles. The molecule has 122 valence electrons. The average molecular weight is 315 g/mol. The van der Waals surface area contributed by atoms with Crippen LogP contribution in [0.4, 0.5) is 0 Å². The van der Waals surface area contributed by atoms with Crippen LogP contribution in [0, 0.1) is 13.8 Å². The van der Waals surface area contributed by atoms with Gasteiger partial charge in [-0.05, 0) is 43.5 Å². The topological polar surface area (TPSA) is 68.5 Å². The predicted octanol–water partition coefficient (Wildman–Crippen LogP) is 2.83. The first-order chi connectivity index (χ1) is 11.0. The Morgan fingerprint density at radius 3 is 2.74 bits per heavy atom. The lowest BCUT2D eigenvalue weighted by Crippen LogP contribution is -2.25. The number of fused-ring (bicyclic) bond motifs is 1. The molecule has 1 aromatic carbocycles. The maximum absolute atomic E-state index is 12.0. The second kappa shape index (κ2) is 7.63. The van der Waals surface area contributed by atoms with Gasteiger partial charge in [-0.25, -0.2) is 4.79 Å². The van der Waals surface area contributed by atoms with Gasteiger partial charge in [-0.2, -0.15) is 0 Å².